The van der Waals surface area contributed by atoms with Crippen molar-refractivity contribution in [1.82, 2.24) is 5.32 Å². The summed E-state index contributed by atoms with van der Waals surface area (Å²) in [4.78, 5) is 11.9. The highest BCUT2D eigenvalue weighted by Crippen LogP contribution is 2.22. The molecule has 6 heteroatoms. The number of rotatable bonds is 4. The summed E-state index contributed by atoms with van der Waals surface area (Å²) >= 11 is 0. The van der Waals surface area contributed by atoms with Crippen LogP contribution in [0.25, 0.3) is 11.3 Å². The summed E-state index contributed by atoms with van der Waals surface area (Å²) < 4.78 is 18.3. The lowest BCUT2D eigenvalue weighted by Gasteiger charge is -2.18. The van der Waals surface area contributed by atoms with Crippen LogP contribution in [0.15, 0.2) is 40.8 Å². The first kappa shape index (κ1) is 17.2. The van der Waals surface area contributed by atoms with Crippen LogP contribution in [0.3, 0.4) is 0 Å². The highest BCUT2D eigenvalue weighted by molar-refractivity contribution is 5.92. The maximum Gasteiger partial charge on any atom is 0.287 e. The highest BCUT2D eigenvalue weighted by atomic mass is 35.5. The van der Waals surface area contributed by atoms with E-state index < -0.39 is 5.54 Å². The molecule has 0 spiro atoms. The number of furan rings is 1. The second kappa shape index (κ2) is 6.74. The summed E-state index contributed by atoms with van der Waals surface area (Å²) in [6.07, 6.45) is 0. The summed E-state index contributed by atoms with van der Waals surface area (Å²) in [5, 5.41) is 2.70. The van der Waals surface area contributed by atoms with Crippen molar-refractivity contribution in [3.8, 4) is 11.3 Å². The molecule has 0 aliphatic heterocycles. The number of hydrogen-bond acceptors (Lipinski definition) is 3. The molecule has 0 fully saturated rings. The van der Waals surface area contributed by atoms with E-state index in [1.54, 1.807) is 24.3 Å². The van der Waals surface area contributed by atoms with Crippen LogP contribution >= 0.6 is 12.4 Å². The maximum atomic E-state index is 12.8. The van der Waals surface area contributed by atoms with Gasteiger partial charge in [-0.15, -0.1) is 12.4 Å². The third-order valence-corrected chi connectivity index (χ3v) is 2.66. The number of benzene rings is 1. The SMILES string of the molecule is CC(C)(N)CNC(=O)c1ccc(-c2ccc(F)cc2)o1.Cl. The van der Waals surface area contributed by atoms with Gasteiger partial charge in [0.2, 0.25) is 0 Å². The Labute approximate surface area is 128 Å². The zero-order valence-electron chi connectivity index (χ0n) is 11.9. The number of nitrogens with two attached hydrogens (primary N) is 1. The van der Waals surface area contributed by atoms with E-state index in [9.17, 15) is 9.18 Å². The van der Waals surface area contributed by atoms with Crippen LogP contribution in [-0.2, 0) is 0 Å². The predicted molar refractivity (Wildman–Crippen MR) is 81.9 cm³/mol. The van der Waals surface area contributed by atoms with Gasteiger partial charge < -0.3 is 15.5 Å². The van der Waals surface area contributed by atoms with Gasteiger partial charge in [0, 0.05) is 17.6 Å². The molecule has 21 heavy (non-hydrogen) atoms. The summed E-state index contributed by atoms with van der Waals surface area (Å²) in [6.45, 7) is 3.98. The Morgan fingerprint density at radius 2 is 1.86 bits per heavy atom. The van der Waals surface area contributed by atoms with Crippen molar-refractivity contribution < 1.29 is 13.6 Å². The molecule has 0 aliphatic carbocycles. The molecule has 4 nitrogen and oxygen atoms in total. The largest absolute Gasteiger partial charge is 0.451 e. The van der Waals surface area contributed by atoms with Crippen LogP contribution in [0, 0.1) is 5.82 Å². The molecule has 1 aromatic heterocycles. The fourth-order valence-electron chi connectivity index (χ4n) is 1.62. The van der Waals surface area contributed by atoms with Crippen molar-refractivity contribution in [2.24, 2.45) is 5.73 Å². The van der Waals surface area contributed by atoms with Gasteiger partial charge in [-0.1, -0.05) is 0 Å². The van der Waals surface area contributed by atoms with Crippen molar-refractivity contribution in [3.63, 3.8) is 0 Å². The molecule has 114 valence electrons. The van der Waals surface area contributed by atoms with Crippen molar-refractivity contribution in [2.75, 3.05) is 6.54 Å². The van der Waals surface area contributed by atoms with Crippen LogP contribution < -0.4 is 11.1 Å². The van der Waals surface area contributed by atoms with Gasteiger partial charge in [-0.05, 0) is 50.2 Å². The number of amides is 1. The molecule has 0 atom stereocenters. The van der Waals surface area contributed by atoms with E-state index in [2.05, 4.69) is 5.32 Å². The third-order valence-electron chi connectivity index (χ3n) is 2.66. The van der Waals surface area contributed by atoms with E-state index in [0.717, 1.165) is 0 Å². The summed E-state index contributed by atoms with van der Waals surface area (Å²) in [7, 11) is 0. The van der Waals surface area contributed by atoms with Gasteiger partial charge >= 0.3 is 0 Å². The van der Waals surface area contributed by atoms with Gasteiger partial charge in [-0.25, -0.2) is 4.39 Å². The van der Waals surface area contributed by atoms with E-state index in [1.165, 1.54) is 12.1 Å². The number of carbonyl (C=O) groups excluding carboxylic acids is 1. The first-order chi connectivity index (χ1) is 9.35. The van der Waals surface area contributed by atoms with Gasteiger partial charge in [0.25, 0.3) is 5.91 Å². The second-order valence-electron chi connectivity index (χ2n) is 5.34. The minimum Gasteiger partial charge on any atom is -0.451 e. The molecule has 1 heterocycles. The Morgan fingerprint density at radius 3 is 2.43 bits per heavy atom. The van der Waals surface area contributed by atoms with Crippen LogP contribution in [0.4, 0.5) is 4.39 Å². The first-order valence-electron chi connectivity index (χ1n) is 6.28. The van der Waals surface area contributed by atoms with Crippen LogP contribution in [0.5, 0.6) is 0 Å². The monoisotopic (exact) mass is 312 g/mol. The van der Waals surface area contributed by atoms with Crippen molar-refractivity contribution >= 4 is 18.3 Å². The molecule has 2 rings (SSSR count). The molecular formula is C15H18ClFN2O2. The average Bonchev–Trinajstić information content (AvgIpc) is 2.85. The average molecular weight is 313 g/mol. The molecule has 2 aromatic rings. The van der Waals surface area contributed by atoms with Gasteiger partial charge in [0.15, 0.2) is 5.76 Å². The van der Waals surface area contributed by atoms with Gasteiger partial charge in [0.1, 0.15) is 11.6 Å². The molecule has 1 aromatic carbocycles. The normalized spacial score (nSPS) is 10.9. The number of hydrogen-bond donors (Lipinski definition) is 2. The van der Waals surface area contributed by atoms with Crippen LogP contribution in [0.2, 0.25) is 0 Å². The fourth-order valence-corrected chi connectivity index (χ4v) is 1.62. The Balaban J connectivity index is 0.00000220. The minimum atomic E-state index is -0.484. The quantitative estimate of drug-likeness (QED) is 0.912. The highest BCUT2D eigenvalue weighted by Gasteiger charge is 2.16. The molecule has 1 amide bonds. The molecule has 0 radical (unpaired) electrons. The van der Waals surface area contributed by atoms with Crippen LogP contribution in [0.1, 0.15) is 24.4 Å². The number of carbonyl (C=O) groups is 1. The molecule has 3 N–H and O–H groups in total. The lowest BCUT2D eigenvalue weighted by atomic mass is 10.1. The lowest BCUT2D eigenvalue weighted by molar-refractivity contribution is 0.0919. The molecule has 0 saturated heterocycles. The van der Waals surface area contributed by atoms with E-state index in [-0.39, 0.29) is 29.9 Å². The topological polar surface area (TPSA) is 68.3 Å². The fraction of sp³-hybridized carbons (Fsp3) is 0.267. The molecule has 0 unspecified atom stereocenters. The number of nitrogens with one attached hydrogen (secondary N) is 1. The van der Waals surface area contributed by atoms with Gasteiger partial charge in [0.05, 0.1) is 0 Å². The molecule has 0 saturated carbocycles. The third kappa shape index (κ3) is 4.88. The van der Waals surface area contributed by atoms with Crippen molar-refractivity contribution in [1.29, 1.82) is 0 Å². The Bertz CT molecular complexity index is 603. The first-order valence-corrected chi connectivity index (χ1v) is 6.28. The minimum absolute atomic E-state index is 0. The van der Waals surface area contributed by atoms with Gasteiger partial charge in [-0.2, -0.15) is 0 Å². The Kier molecular flexibility index (Phi) is 5.52. The van der Waals surface area contributed by atoms with Crippen molar-refractivity contribution in [2.45, 2.75) is 19.4 Å². The van der Waals surface area contributed by atoms with Crippen LogP contribution in [-0.4, -0.2) is 18.0 Å². The zero-order valence-corrected chi connectivity index (χ0v) is 12.7. The predicted octanol–water partition coefficient (Wildman–Crippen LogP) is 2.97. The lowest BCUT2D eigenvalue weighted by Crippen LogP contribution is -2.45. The summed E-state index contributed by atoms with van der Waals surface area (Å²) in [6, 6.07) is 9.13. The summed E-state index contributed by atoms with van der Waals surface area (Å²) in [5.74, 6) is 0.0797. The van der Waals surface area contributed by atoms with Crippen molar-refractivity contribution in [3.05, 3.63) is 48.0 Å². The zero-order chi connectivity index (χ0) is 14.8. The van der Waals surface area contributed by atoms with E-state index in [0.29, 0.717) is 17.9 Å². The van der Waals surface area contributed by atoms with E-state index >= 15 is 0 Å². The molecular weight excluding hydrogens is 295 g/mol. The Morgan fingerprint density at radius 1 is 1.24 bits per heavy atom. The molecule has 0 bridgehead atoms. The van der Waals surface area contributed by atoms with E-state index in [1.807, 2.05) is 13.8 Å². The standard InChI is InChI=1S/C15H17FN2O2.ClH/c1-15(2,17)9-18-14(19)13-8-7-12(20-13)10-3-5-11(16)6-4-10;/h3-8H,9,17H2,1-2H3,(H,18,19);1H. The smallest absolute Gasteiger partial charge is 0.287 e. The number of halogens is 2. The van der Waals surface area contributed by atoms with Gasteiger partial charge in [-0.3, -0.25) is 4.79 Å². The maximum absolute atomic E-state index is 12.8. The van der Waals surface area contributed by atoms with E-state index in [4.69, 9.17) is 10.2 Å². The second-order valence-corrected chi connectivity index (χ2v) is 5.34. The molecule has 0 aliphatic rings. The Hall–Kier alpha value is -1.85. The summed E-state index contributed by atoms with van der Waals surface area (Å²) in [5.41, 5.74) is 6.02.